The van der Waals surface area contributed by atoms with Gasteiger partial charge in [0.05, 0.1) is 23.7 Å². The minimum atomic E-state index is -0.812. The number of nitrogens with zero attached hydrogens (tertiary/aromatic N) is 2. The molecule has 0 aliphatic carbocycles. The van der Waals surface area contributed by atoms with Crippen LogP contribution in [0.2, 0.25) is 0 Å². The van der Waals surface area contributed by atoms with E-state index >= 15 is 0 Å². The van der Waals surface area contributed by atoms with E-state index in [0.29, 0.717) is 18.7 Å². The lowest BCUT2D eigenvalue weighted by Crippen LogP contribution is -2.51. The first-order chi connectivity index (χ1) is 11.0. The lowest BCUT2D eigenvalue weighted by atomic mass is 9.96. The minimum Gasteiger partial charge on any atom is -0.481 e. The van der Waals surface area contributed by atoms with Gasteiger partial charge in [-0.05, 0) is 26.0 Å². The molecule has 1 aliphatic rings. The SMILES string of the molecule is CCOC(=O)c1cnc2ccc(C)cc2c1N1CC(C(=O)O)C1. The molecular formula is C17H18N2O4. The van der Waals surface area contributed by atoms with E-state index in [-0.39, 0.29) is 6.61 Å². The molecule has 1 aliphatic heterocycles. The molecule has 0 unspecified atom stereocenters. The molecule has 23 heavy (non-hydrogen) atoms. The summed E-state index contributed by atoms with van der Waals surface area (Å²) in [5.41, 5.74) is 2.93. The van der Waals surface area contributed by atoms with E-state index in [1.165, 1.54) is 6.20 Å². The van der Waals surface area contributed by atoms with Crippen LogP contribution >= 0.6 is 0 Å². The van der Waals surface area contributed by atoms with Crippen molar-refractivity contribution < 1.29 is 19.4 Å². The van der Waals surface area contributed by atoms with E-state index in [1.54, 1.807) is 6.92 Å². The van der Waals surface area contributed by atoms with Crippen molar-refractivity contribution in [3.05, 3.63) is 35.5 Å². The van der Waals surface area contributed by atoms with Gasteiger partial charge in [0.25, 0.3) is 0 Å². The van der Waals surface area contributed by atoms with Gasteiger partial charge in [-0.2, -0.15) is 0 Å². The zero-order chi connectivity index (χ0) is 16.6. The molecule has 0 amide bonds. The van der Waals surface area contributed by atoms with Crippen molar-refractivity contribution in [2.24, 2.45) is 5.92 Å². The number of anilines is 1. The van der Waals surface area contributed by atoms with Crippen molar-refractivity contribution in [1.29, 1.82) is 0 Å². The van der Waals surface area contributed by atoms with Crippen molar-refractivity contribution in [3.8, 4) is 0 Å². The quantitative estimate of drug-likeness (QED) is 0.872. The summed E-state index contributed by atoms with van der Waals surface area (Å²) >= 11 is 0. The Balaban J connectivity index is 2.10. The lowest BCUT2D eigenvalue weighted by molar-refractivity contribution is -0.142. The summed E-state index contributed by atoms with van der Waals surface area (Å²) in [5, 5.41) is 9.93. The summed E-state index contributed by atoms with van der Waals surface area (Å²) in [4.78, 5) is 29.6. The third kappa shape index (κ3) is 2.72. The number of rotatable bonds is 4. The Morgan fingerprint density at radius 3 is 2.78 bits per heavy atom. The standard InChI is InChI=1S/C17H18N2O4/c1-3-23-17(22)13-7-18-14-5-4-10(2)6-12(14)15(13)19-8-11(9-19)16(20)21/h4-7,11H,3,8-9H2,1-2H3,(H,20,21). The van der Waals surface area contributed by atoms with Gasteiger partial charge in [-0.3, -0.25) is 9.78 Å². The van der Waals surface area contributed by atoms with Gasteiger partial charge < -0.3 is 14.7 Å². The van der Waals surface area contributed by atoms with Gasteiger partial charge in [-0.1, -0.05) is 11.6 Å². The van der Waals surface area contributed by atoms with Crippen LogP contribution in [0.1, 0.15) is 22.8 Å². The van der Waals surface area contributed by atoms with Crippen molar-refractivity contribution in [2.45, 2.75) is 13.8 Å². The molecular weight excluding hydrogens is 296 g/mol. The molecule has 3 rings (SSSR count). The summed E-state index contributed by atoms with van der Waals surface area (Å²) in [7, 11) is 0. The number of benzene rings is 1. The van der Waals surface area contributed by atoms with Gasteiger partial charge in [0.15, 0.2) is 0 Å². The second-order valence-corrected chi connectivity index (χ2v) is 5.70. The zero-order valence-corrected chi connectivity index (χ0v) is 13.1. The second-order valence-electron chi connectivity index (χ2n) is 5.70. The summed E-state index contributed by atoms with van der Waals surface area (Å²) < 4.78 is 5.12. The molecule has 0 radical (unpaired) electrons. The number of hydrogen-bond donors (Lipinski definition) is 1. The molecule has 1 fully saturated rings. The third-order valence-electron chi connectivity index (χ3n) is 4.04. The van der Waals surface area contributed by atoms with Crippen LogP contribution in [0.15, 0.2) is 24.4 Å². The van der Waals surface area contributed by atoms with Gasteiger partial charge in [0, 0.05) is 24.7 Å². The largest absolute Gasteiger partial charge is 0.481 e. The molecule has 2 aromatic rings. The molecule has 1 aromatic heterocycles. The van der Waals surface area contributed by atoms with E-state index < -0.39 is 17.9 Å². The molecule has 0 bridgehead atoms. The second kappa shape index (κ2) is 5.87. The molecule has 2 heterocycles. The predicted octanol–water partition coefficient (Wildman–Crippen LogP) is 2.24. The molecule has 1 saturated heterocycles. The van der Waals surface area contributed by atoms with E-state index in [2.05, 4.69) is 4.98 Å². The Bertz CT molecular complexity index is 782. The zero-order valence-electron chi connectivity index (χ0n) is 13.1. The Kier molecular flexibility index (Phi) is 3.90. The third-order valence-corrected chi connectivity index (χ3v) is 4.04. The van der Waals surface area contributed by atoms with Crippen LogP contribution in [0, 0.1) is 12.8 Å². The van der Waals surface area contributed by atoms with Crippen LogP contribution in [0.5, 0.6) is 0 Å². The maximum atomic E-state index is 12.2. The number of carboxylic acids is 1. The average molecular weight is 314 g/mol. The van der Waals surface area contributed by atoms with Crippen LogP contribution in [-0.4, -0.2) is 41.7 Å². The summed E-state index contributed by atoms with van der Waals surface area (Å²) in [5.74, 6) is -1.65. The fourth-order valence-electron chi connectivity index (χ4n) is 2.81. The number of fused-ring (bicyclic) bond motifs is 1. The van der Waals surface area contributed by atoms with Crippen LogP contribution in [-0.2, 0) is 9.53 Å². The first kappa shape index (κ1) is 15.3. The molecule has 120 valence electrons. The fraction of sp³-hybridized carbons (Fsp3) is 0.353. The van der Waals surface area contributed by atoms with Gasteiger partial charge in [-0.25, -0.2) is 4.79 Å². The van der Waals surface area contributed by atoms with Gasteiger partial charge in [0.1, 0.15) is 5.56 Å². The molecule has 0 spiro atoms. The smallest absolute Gasteiger partial charge is 0.341 e. The van der Waals surface area contributed by atoms with Crippen LogP contribution < -0.4 is 4.90 Å². The highest BCUT2D eigenvalue weighted by atomic mass is 16.5. The highest BCUT2D eigenvalue weighted by Gasteiger charge is 2.35. The molecule has 6 nitrogen and oxygen atoms in total. The number of esters is 1. The molecule has 0 atom stereocenters. The van der Waals surface area contributed by atoms with Crippen LogP contribution in [0.4, 0.5) is 5.69 Å². The first-order valence-corrected chi connectivity index (χ1v) is 7.55. The maximum Gasteiger partial charge on any atom is 0.341 e. The fourth-order valence-corrected chi connectivity index (χ4v) is 2.81. The summed E-state index contributed by atoms with van der Waals surface area (Å²) in [6, 6.07) is 5.82. The Morgan fingerprint density at radius 2 is 2.13 bits per heavy atom. The number of aromatic nitrogens is 1. The Morgan fingerprint density at radius 1 is 1.39 bits per heavy atom. The van der Waals surface area contributed by atoms with Gasteiger partial charge >= 0.3 is 11.9 Å². The number of aliphatic carboxylic acids is 1. The molecule has 1 N–H and O–H groups in total. The molecule has 6 heteroatoms. The van der Waals surface area contributed by atoms with E-state index in [9.17, 15) is 9.59 Å². The van der Waals surface area contributed by atoms with Crippen molar-refractivity contribution in [1.82, 2.24) is 4.98 Å². The topological polar surface area (TPSA) is 79.7 Å². The first-order valence-electron chi connectivity index (χ1n) is 7.55. The highest BCUT2D eigenvalue weighted by molar-refractivity contribution is 6.06. The van der Waals surface area contributed by atoms with Crippen molar-refractivity contribution in [3.63, 3.8) is 0 Å². The van der Waals surface area contributed by atoms with Crippen LogP contribution in [0.3, 0.4) is 0 Å². The highest BCUT2D eigenvalue weighted by Crippen LogP contribution is 2.35. The average Bonchev–Trinajstić information content (AvgIpc) is 2.45. The summed E-state index contributed by atoms with van der Waals surface area (Å²) in [6.07, 6.45) is 1.51. The van der Waals surface area contributed by atoms with Gasteiger partial charge in [0.2, 0.25) is 0 Å². The maximum absolute atomic E-state index is 12.2. The van der Waals surface area contributed by atoms with Crippen molar-refractivity contribution in [2.75, 3.05) is 24.6 Å². The lowest BCUT2D eigenvalue weighted by Gasteiger charge is -2.39. The monoisotopic (exact) mass is 314 g/mol. The number of carbonyl (C=O) groups excluding carboxylic acids is 1. The van der Waals surface area contributed by atoms with E-state index in [0.717, 1.165) is 22.2 Å². The van der Waals surface area contributed by atoms with Crippen LogP contribution in [0.25, 0.3) is 10.9 Å². The Labute approximate surface area is 133 Å². The normalized spacial score (nSPS) is 14.6. The number of pyridine rings is 1. The number of ether oxygens (including phenoxy) is 1. The number of aryl methyl sites for hydroxylation is 1. The molecule has 1 aromatic carbocycles. The summed E-state index contributed by atoms with van der Waals surface area (Å²) in [6.45, 7) is 4.77. The molecule has 0 saturated carbocycles. The van der Waals surface area contributed by atoms with Gasteiger partial charge in [-0.15, -0.1) is 0 Å². The minimum absolute atomic E-state index is 0.280. The Hall–Kier alpha value is -2.63. The van der Waals surface area contributed by atoms with E-state index in [1.807, 2.05) is 30.0 Å². The number of carbonyl (C=O) groups is 2. The van der Waals surface area contributed by atoms with Crippen molar-refractivity contribution >= 4 is 28.5 Å². The number of hydrogen-bond acceptors (Lipinski definition) is 5. The predicted molar refractivity (Wildman–Crippen MR) is 85.8 cm³/mol. The number of carboxylic acid groups (broad SMARTS) is 1. The van der Waals surface area contributed by atoms with E-state index in [4.69, 9.17) is 9.84 Å².